The molecule has 2 saturated heterocycles. The zero-order valence-corrected chi connectivity index (χ0v) is 14.7. The summed E-state index contributed by atoms with van der Waals surface area (Å²) in [4.78, 5) is 20.8. The SMILES string of the molecule is O=C(CN1CCCC1CN1CCCC1CO)c1c[nH]c2ccccc12. The zero-order valence-electron chi connectivity index (χ0n) is 14.7. The molecule has 0 aliphatic carbocycles. The van der Waals surface area contributed by atoms with Crippen molar-refractivity contribution in [1.82, 2.24) is 14.8 Å². The number of fused-ring (bicyclic) bond motifs is 1. The summed E-state index contributed by atoms with van der Waals surface area (Å²) in [6.07, 6.45) is 6.42. The van der Waals surface area contributed by atoms with Crippen LogP contribution in [0.4, 0.5) is 0 Å². The molecular formula is C20H27N3O2. The van der Waals surface area contributed by atoms with Crippen molar-refractivity contribution < 1.29 is 9.90 Å². The van der Waals surface area contributed by atoms with E-state index < -0.39 is 0 Å². The van der Waals surface area contributed by atoms with Crippen molar-refractivity contribution in [2.24, 2.45) is 0 Å². The lowest BCUT2D eigenvalue weighted by molar-refractivity contribution is 0.0875. The number of likely N-dealkylation sites (tertiary alicyclic amines) is 2. The highest BCUT2D eigenvalue weighted by atomic mass is 16.3. The van der Waals surface area contributed by atoms with Gasteiger partial charge in [0, 0.05) is 41.3 Å². The molecule has 2 aliphatic heterocycles. The first-order chi connectivity index (χ1) is 12.3. The fourth-order valence-electron chi connectivity index (χ4n) is 4.49. The molecule has 1 aromatic carbocycles. The van der Waals surface area contributed by atoms with Gasteiger partial charge in [0.1, 0.15) is 0 Å². The maximum atomic E-state index is 12.9. The molecule has 2 fully saturated rings. The highest BCUT2D eigenvalue weighted by Crippen LogP contribution is 2.24. The Hall–Kier alpha value is -1.69. The van der Waals surface area contributed by atoms with Crippen molar-refractivity contribution >= 4 is 16.7 Å². The minimum Gasteiger partial charge on any atom is -0.395 e. The van der Waals surface area contributed by atoms with Crippen LogP contribution in [0.15, 0.2) is 30.5 Å². The molecule has 0 bridgehead atoms. The third-order valence-electron chi connectivity index (χ3n) is 5.89. The number of nitrogens with one attached hydrogen (secondary N) is 1. The van der Waals surface area contributed by atoms with Gasteiger partial charge < -0.3 is 10.1 Å². The Morgan fingerprint density at radius 2 is 1.88 bits per heavy atom. The van der Waals surface area contributed by atoms with Gasteiger partial charge in [-0.05, 0) is 44.8 Å². The van der Waals surface area contributed by atoms with Crippen molar-refractivity contribution in [2.45, 2.75) is 37.8 Å². The average Bonchev–Trinajstić information content (AvgIpc) is 3.35. The van der Waals surface area contributed by atoms with Crippen LogP contribution in [-0.2, 0) is 0 Å². The Morgan fingerprint density at radius 1 is 1.12 bits per heavy atom. The lowest BCUT2D eigenvalue weighted by Crippen LogP contribution is -2.44. The van der Waals surface area contributed by atoms with E-state index in [1.807, 2.05) is 30.5 Å². The van der Waals surface area contributed by atoms with Gasteiger partial charge in [-0.1, -0.05) is 18.2 Å². The lowest BCUT2D eigenvalue weighted by Gasteiger charge is -2.30. The minimum atomic E-state index is 0.199. The third kappa shape index (κ3) is 3.36. The predicted molar refractivity (Wildman–Crippen MR) is 98.9 cm³/mol. The monoisotopic (exact) mass is 341 g/mol. The smallest absolute Gasteiger partial charge is 0.178 e. The number of aliphatic hydroxyl groups excluding tert-OH is 1. The molecule has 3 heterocycles. The van der Waals surface area contributed by atoms with Gasteiger partial charge in [-0.3, -0.25) is 14.6 Å². The number of aromatic amines is 1. The first-order valence-corrected chi connectivity index (χ1v) is 9.44. The molecule has 0 radical (unpaired) electrons. The van der Waals surface area contributed by atoms with Crippen molar-refractivity contribution in [3.05, 3.63) is 36.0 Å². The maximum Gasteiger partial charge on any atom is 0.178 e. The summed E-state index contributed by atoms with van der Waals surface area (Å²) in [5.41, 5.74) is 1.82. The van der Waals surface area contributed by atoms with Crippen LogP contribution in [0.3, 0.4) is 0 Å². The summed E-state index contributed by atoms with van der Waals surface area (Å²) >= 11 is 0. The molecule has 5 heteroatoms. The molecule has 134 valence electrons. The second-order valence-corrected chi connectivity index (χ2v) is 7.41. The lowest BCUT2D eigenvalue weighted by atomic mass is 10.1. The first-order valence-electron chi connectivity index (χ1n) is 9.44. The molecule has 1 aromatic heterocycles. The molecular weight excluding hydrogens is 314 g/mol. The van der Waals surface area contributed by atoms with Crippen molar-refractivity contribution in [3.8, 4) is 0 Å². The summed E-state index contributed by atoms with van der Waals surface area (Å²) < 4.78 is 0. The van der Waals surface area contributed by atoms with E-state index >= 15 is 0 Å². The minimum absolute atomic E-state index is 0.199. The predicted octanol–water partition coefficient (Wildman–Crippen LogP) is 2.27. The van der Waals surface area contributed by atoms with Gasteiger partial charge in [-0.15, -0.1) is 0 Å². The largest absolute Gasteiger partial charge is 0.395 e. The first kappa shape index (κ1) is 16.8. The number of carbonyl (C=O) groups excluding carboxylic acids is 1. The molecule has 0 amide bonds. The molecule has 0 spiro atoms. The Bertz CT molecular complexity index is 741. The maximum absolute atomic E-state index is 12.9. The van der Waals surface area contributed by atoms with Gasteiger partial charge in [0.2, 0.25) is 0 Å². The molecule has 4 rings (SSSR count). The number of benzene rings is 1. The van der Waals surface area contributed by atoms with E-state index in [0.717, 1.165) is 55.4 Å². The van der Waals surface area contributed by atoms with Crippen molar-refractivity contribution in [2.75, 3.05) is 32.8 Å². The molecule has 0 saturated carbocycles. The molecule has 2 N–H and O–H groups in total. The second-order valence-electron chi connectivity index (χ2n) is 7.41. The number of ketones is 1. The number of para-hydroxylation sites is 1. The van der Waals surface area contributed by atoms with Crippen molar-refractivity contribution in [3.63, 3.8) is 0 Å². The number of aliphatic hydroxyl groups is 1. The van der Waals surface area contributed by atoms with Gasteiger partial charge >= 0.3 is 0 Å². The number of hydrogen-bond donors (Lipinski definition) is 2. The van der Waals surface area contributed by atoms with Gasteiger partial charge in [0.25, 0.3) is 0 Å². The van der Waals surface area contributed by atoms with Crippen LogP contribution in [0.25, 0.3) is 10.9 Å². The van der Waals surface area contributed by atoms with Crippen LogP contribution in [0.1, 0.15) is 36.0 Å². The topological polar surface area (TPSA) is 59.6 Å². The molecule has 5 nitrogen and oxygen atoms in total. The highest BCUT2D eigenvalue weighted by molar-refractivity contribution is 6.08. The second kappa shape index (κ2) is 7.28. The van der Waals surface area contributed by atoms with E-state index in [-0.39, 0.29) is 12.4 Å². The van der Waals surface area contributed by atoms with E-state index in [9.17, 15) is 9.90 Å². The standard InChI is InChI=1S/C20H27N3O2/c24-14-16-6-4-9-22(16)12-15-5-3-10-23(15)13-20(25)18-11-21-19-8-2-1-7-17(18)19/h1-2,7-8,11,15-16,21,24H,3-6,9-10,12-14H2. The van der Waals surface area contributed by atoms with Crippen LogP contribution in [0.5, 0.6) is 0 Å². The molecule has 2 unspecified atom stereocenters. The Labute approximate surface area is 148 Å². The van der Waals surface area contributed by atoms with E-state index in [1.54, 1.807) is 0 Å². The summed E-state index contributed by atoms with van der Waals surface area (Å²) in [5, 5.41) is 10.6. The van der Waals surface area contributed by atoms with Gasteiger partial charge in [0.05, 0.1) is 13.2 Å². The average molecular weight is 341 g/mol. The number of H-pyrrole nitrogens is 1. The normalized spacial score (nSPS) is 25.2. The van der Waals surface area contributed by atoms with Crippen LogP contribution >= 0.6 is 0 Å². The molecule has 2 aromatic rings. The summed E-state index contributed by atoms with van der Waals surface area (Å²) in [6.45, 7) is 3.79. The van der Waals surface area contributed by atoms with E-state index in [4.69, 9.17) is 0 Å². The highest BCUT2D eigenvalue weighted by Gasteiger charge is 2.32. The van der Waals surface area contributed by atoms with Crippen LogP contribution < -0.4 is 0 Å². The summed E-state index contributed by atoms with van der Waals surface area (Å²) in [6, 6.07) is 8.72. The van der Waals surface area contributed by atoms with Gasteiger partial charge in [-0.2, -0.15) is 0 Å². The van der Waals surface area contributed by atoms with Crippen LogP contribution in [0.2, 0.25) is 0 Å². The molecule has 2 aliphatic rings. The zero-order chi connectivity index (χ0) is 17.2. The number of Topliss-reactive ketones (excluding diaryl/α,β-unsaturated/α-hetero) is 1. The van der Waals surface area contributed by atoms with Crippen LogP contribution in [0, 0.1) is 0 Å². The number of hydrogen-bond acceptors (Lipinski definition) is 4. The summed E-state index contributed by atoms with van der Waals surface area (Å²) in [7, 11) is 0. The fourth-order valence-corrected chi connectivity index (χ4v) is 4.49. The van der Waals surface area contributed by atoms with Gasteiger partial charge in [0.15, 0.2) is 5.78 Å². The Kier molecular flexibility index (Phi) is 4.88. The third-order valence-corrected chi connectivity index (χ3v) is 5.89. The molecule has 2 atom stereocenters. The van der Waals surface area contributed by atoms with Gasteiger partial charge in [-0.25, -0.2) is 0 Å². The quantitative estimate of drug-likeness (QED) is 0.792. The Morgan fingerprint density at radius 3 is 2.72 bits per heavy atom. The number of aromatic nitrogens is 1. The fraction of sp³-hybridized carbons (Fsp3) is 0.550. The van der Waals surface area contributed by atoms with Crippen molar-refractivity contribution in [1.29, 1.82) is 0 Å². The number of nitrogens with zero attached hydrogens (tertiary/aromatic N) is 2. The number of rotatable bonds is 6. The summed E-state index contributed by atoms with van der Waals surface area (Å²) in [5.74, 6) is 0.199. The van der Waals surface area contributed by atoms with E-state index in [2.05, 4.69) is 14.8 Å². The van der Waals surface area contributed by atoms with Crippen LogP contribution in [-0.4, -0.2) is 70.5 Å². The van der Waals surface area contributed by atoms with E-state index in [1.165, 1.54) is 6.42 Å². The van der Waals surface area contributed by atoms with E-state index in [0.29, 0.717) is 18.6 Å². The Balaban J connectivity index is 1.43. The molecule has 25 heavy (non-hydrogen) atoms. The number of carbonyl (C=O) groups is 1.